The van der Waals surface area contributed by atoms with Gasteiger partial charge in [0.2, 0.25) is 5.91 Å². The first-order valence-electron chi connectivity index (χ1n) is 7.90. The summed E-state index contributed by atoms with van der Waals surface area (Å²) in [4.78, 5) is 30.4. The Kier molecular flexibility index (Phi) is 4.84. The summed E-state index contributed by atoms with van der Waals surface area (Å²) in [5.74, 6) is -0.320. The minimum Gasteiger partial charge on any atom is -0.339 e. The number of rotatable bonds is 3. The van der Waals surface area contributed by atoms with E-state index in [1.165, 1.54) is 18.2 Å². The summed E-state index contributed by atoms with van der Waals surface area (Å²) < 4.78 is 13.2. The van der Waals surface area contributed by atoms with Crippen molar-refractivity contribution in [2.45, 2.75) is 12.8 Å². The molecular formula is C18H18FN3O2. The van der Waals surface area contributed by atoms with E-state index in [2.05, 4.69) is 10.3 Å². The normalized spacial score (nSPS) is 15.1. The van der Waals surface area contributed by atoms with Crippen molar-refractivity contribution in [3.63, 3.8) is 0 Å². The molecule has 0 unspecified atom stereocenters. The van der Waals surface area contributed by atoms with Crippen LogP contribution in [0.3, 0.4) is 0 Å². The molecule has 1 aromatic heterocycles. The summed E-state index contributed by atoms with van der Waals surface area (Å²) in [7, 11) is 0. The molecule has 124 valence electrons. The van der Waals surface area contributed by atoms with Crippen LogP contribution in [0.15, 0.2) is 48.7 Å². The summed E-state index contributed by atoms with van der Waals surface area (Å²) in [5.41, 5.74) is 0.339. The number of nitrogens with zero attached hydrogens (tertiary/aromatic N) is 2. The topological polar surface area (TPSA) is 62.3 Å². The fourth-order valence-electron chi connectivity index (χ4n) is 2.81. The monoisotopic (exact) mass is 327 g/mol. The number of anilines is 1. The Morgan fingerprint density at radius 1 is 1.12 bits per heavy atom. The molecule has 2 amide bonds. The molecule has 1 fully saturated rings. The number of likely N-dealkylation sites (tertiary alicyclic amines) is 1. The lowest BCUT2D eigenvalue weighted by Crippen LogP contribution is -2.41. The van der Waals surface area contributed by atoms with Crippen LogP contribution in [0.25, 0.3) is 0 Å². The number of carbonyl (C=O) groups excluding carboxylic acids is 2. The maximum absolute atomic E-state index is 13.2. The number of pyridine rings is 1. The zero-order chi connectivity index (χ0) is 16.9. The molecular weight excluding hydrogens is 309 g/mol. The van der Waals surface area contributed by atoms with Crippen LogP contribution in [-0.4, -0.2) is 34.8 Å². The highest BCUT2D eigenvalue weighted by atomic mass is 19.1. The molecule has 2 heterocycles. The van der Waals surface area contributed by atoms with E-state index in [1.807, 2.05) is 6.07 Å². The minimum atomic E-state index is -0.425. The van der Waals surface area contributed by atoms with Crippen molar-refractivity contribution in [1.29, 1.82) is 0 Å². The van der Waals surface area contributed by atoms with Crippen LogP contribution >= 0.6 is 0 Å². The van der Waals surface area contributed by atoms with Gasteiger partial charge in [-0.3, -0.25) is 9.59 Å². The molecule has 0 radical (unpaired) electrons. The number of carbonyl (C=O) groups is 2. The van der Waals surface area contributed by atoms with Crippen molar-refractivity contribution in [3.05, 3.63) is 60.0 Å². The molecule has 1 aliphatic rings. The van der Waals surface area contributed by atoms with Crippen molar-refractivity contribution >= 4 is 17.6 Å². The molecule has 5 nitrogen and oxygen atoms in total. The van der Waals surface area contributed by atoms with E-state index in [-0.39, 0.29) is 17.7 Å². The summed E-state index contributed by atoms with van der Waals surface area (Å²) in [6.45, 7) is 0.964. The molecule has 6 heteroatoms. The average molecular weight is 327 g/mol. The highest BCUT2D eigenvalue weighted by Crippen LogP contribution is 2.20. The van der Waals surface area contributed by atoms with Gasteiger partial charge in [0, 0.05) is 30.8 Å². The fraction of sp³-hybridized carbons (Fsp3) is 0.278. The third-order valence-corrected chi connectivity index (χ3v) is 4.14. The summed E-state index contributed by atoms with van der Waals surface area (Å²) in [5, 5.41) is 2.79. The number of piperidine rings is 1. The Hall–Kier alpha value is -2.76. The van der Waals surface area contributed by atoms with Gasteiger partial charge in [0.05, 0.1) is 0 Å². The molecule has 0 aliphatic carbocycles. The highest BCUT2D eigenvalue weighted by Gasteiger charge is 2.28. The molecule has 0 spiro atoms. The molecule has 3 rings (SSSR count). The first kappa shape index (κ1) is 16.1. The van der Waals surface area contributed by atoms with Gasteiger partial charge in [0.1, 0.15) is 11.6 Å². The summed E-state index contributed by atoms with van der Waals surface area (Å²) in [6, 6.07) is 11.0. The fourth-order valence-corrected chi connectivity index (χ4v) is 2.81. The van der Waals surface area contributed by atoms with Gasteiger partial charge in [0.15, 0.2) is 0 Å². The highest BCUT2D eigenvalue weighted by molar-refractivity contribution is 5.95. The molecule has 1 N–H and O–H groups in total. The van der Waals surface area contributed by atoms with Crippen molar-refractivity contribution < 1.29 is 14.0 Å². The molecule has 1 aliphatic heterocycles. The Labute approximate surface area is 139 Å². The van der Waals surface area contributed by atoms with Gasteiger partial charge in [-0.05, 0) is 43.2 Å². The van der Waals surface area contributed by atoms with Crippen LogP contribution in [0.5, 0.6) is 0 Å². The van der Waals surface area contributed by atoms with Crippen LogP contribution in [0.4, 0.5) is 10.2 Å². The van der Waals surface area contributed by atoms with Crippen molar-refractivity contribution in [2.75, 3.05) is 18.4 Å². The SMILES string of the molecule is O=C(Nc1ccccn1)C1CCN(C(=O)c2cccc(F)c2)CC1. The number of hydrogen-bond acceptors (Lipinski definition) is 3. The van der Waals surface area contributed by atoms with Gasteiger partial charge in [-0.2, -0.15) is 0 Å². The lowest BCUT2D eigenvalue weighted by Gasteiger charge is -2.31. The Morgan fingerprint density at radius 3 is 2.58 bits per heavy atom. The van der Waals surface area contributed by atoms with Crippen LogP contribution < -0.4 is 5.32 Å². The van der Waals surface area contributed by atoms with E-state index in [1.54, 1.807) is 29.3 Å². The minimum absolute atomic E-state index is 0.0773. The van der Waals surface area contributed by atoms with Gasteiger partial charge >= 0.3 is 0 Å². The van der Waals surface area contributed by atoms with E-state index >= 15 is 0 Å². The smallest absolute Gasteiger partial charge is 0.253 e. The predicted octanol–water partition coefficient (Wildman–Crippen LogP) is 2.71. The maximum atomic E-state index is 13.2. The quantitative estimate of drug-likeness (QED) is 0.943. The van der Waals surface area contributed by atoms with Crippen LogP contribution in [-0.2, 0) is 4.79 Å². The number of aromatic nitrogens is 1. The molecule has 0 atom stereocenters. The molecule has 2 aromatic rings. The summed E-state index contributed by atoms with van der Waals surface area (Å²) >= 11 is 0. The van der Waals surface area contributed by atoms with Crippen LogP contribution in [0.1, 0.15) is 23.2 Å². The number of halogens is 1. The Balaban J connectivity index is 1.55. The van der Waals surface area contributed by atoms with E-state index < -0.39 is 5.82 Å². The number of nitrogens with one attached hydrogen (secondary N) is 1. The van der Waals surface area contributed by atoms with Gasteiger partial charge < -0.3 is 10.2 Å². The van der Waals surface area contributed by atoms with Gasteiger partial charge in [-0.25, -0.2) is 9.37 Å². The van der Waals surface area contributed by atoms with Crippen LogP contribution in [0.2, 0.25) is 0 Å². The molecule has 0 bridgehead atoms. The molecule has 1 aromatic carbocycles. The largest absolute Gasteiger partial charge is 0.339 e. The summed E-state index contributed by atoms with van der Waals surface area (Å²) in [6.07, 6.45) is 2.79. The molecule has 24 heavy (non-hydrogen) atoms. The zero-order valence-electron chi connectivity index (χ0n) is 13.1. The maximum Gasteiger partial charge on any atom is 0.253 e. The van der Waals surface area contributed by atoms with Crippen LogP contribution in [0, 0.1) is 11.7 Å². The second-order valence-corrected chi connectivity index (χ2v) is 5.78. The number of hydrogen-bond donors (Lipinski definition) is 1. The van der Waals surface area contributed by atoms with E-state index in [0.717, 1.165) is 0 Å². The average Bonchev–Trinajstić information content (AvgIpc) is 2.62. The van der Waals surface area contributed by atoms with Crippen molar-refractivity contribution in [1.82, 2.24) is 9.88 Å². The first-order valence-corrected chi connectivity index (χ1v) is 7.90. The second-order valence-electron chi connectivity index (χ2n) is 5.78. The predicted molar refractivity (Wildman–Crippen MR) is 87.9 cm³/mol. The third-order valence-electron chi connectivity index (χ3n) is 4.14. The van der Waals surface area contributed by atoms with E-state index in [0.29, 0.717) is 37.3 Å². The Morgan fingerprint density at radius 2 is 1.92 bits per heavy atom. The van der Waals surface area contributed by atoms with E-state index in [4.69, 9.17) is 0 Å². The zero-order valence-corrected chi connectivity index (χ0v) is 13.1. The number of benzene rings is 1. The standard InChI is InChI=1S/C18H18FN3O2/c19-15-5-3-4-14(12-15)18(24)22-10-7-13(8-11-22)17(23)21-16-6-1-2-9-20-16/h1-6,9,12-13H,7-8,10-11H2,(H,20,21,23). The lowest BCUT2D eigenvalue weighted by atomic mass is 9.95. The molecule has 1 saturated heterocycles. The Bertz CT molecular complexity index is 728. The van der Waals surface area contributed by atoms with Gasteiger partial charge in [-0.1, -0.05) is 12.1 Å². The molecule has 0 saturated carbocycles. The van der Waals surface area contributed by atoms with Crippen molar-refractivity contribution in [2.24, 2.45) is 5.92 Å². The third kappa shape index (κ3) is 3.76. The van der Waals surface area contributed by atoms with Crippen molar-refractivity contribution in [3.8, 4) is 0 Å². The number of amides is 2. The van der Waals surface area contributed by atoms with E-state index in [9.17, 15) is 14.0 Å². The second kappa shape index (κ2) is 7.21. The van der Waals surface area contributed by atoms with Gasteiger partial charge in [-0.15, -0.1) is 0 Å². The lowest BCUT2D eigenvalue weighted by molar-refractivity contribution is -0.121. The van der Waals surface area contributed by atoms with Gasteiger partial charge in [0.25, 0.3) is 5.91 Å². The first-order chi connectivity index (χ1) is 11.6.